The number of hydrogen-bond donors (Lipinski definition) is 2. The van der Waals surface area contributed by atoms with E-state index in [-0.39, 0.29) is 6.61 Å². The normalized spacial score (nSPS) is 14.8. The van der Waals surface area contributed by atoms with Gasteiger partial charge >= 0.3 is 0 Å². The van der Waals surface area contributed by atoms with Gasteiger partial charge in [0.1, 0.15) is 0 Å². The van der Waals surface area contributed by atoms with Gasteiger partial charge < -0.3 is 19.9 Å². The fourth-order valence-corrected chi connectivity index (χ4v) is 5.15. The summed E-state index contributed by atoms with van der Waals surface area (Å²) < 4.78 is 13.2. The molecule has 1 unspecified atom stereocenters. The minimum absolute atomic E-state index is 0.106. The summed E-state index contributed by atoms with van der Waals surface area (Å²) in [6, 6.07) is 12.1. The SMILES string of the molecule is CCN1CCCc2cc(N(C)CCO)cc(CS(=O)c3nc4ccccc4[nH]3)c21. The van der Waals surface area contributed by atoms with E-state index in [0.717, 1.165) is 48.2 Å². The third-order valence-electron chi connectivity index (χ3n) is 5.57. The summed E-state index contributed by atoms with van der Waals surface area (Å²) in [5, 5.41) is 9.86. The van der Waals surface area contributed by atoms with Crippen LogP contribution in [0.2, 0.25) is 0 Å². The minimum atomic E-state index is -1.27. The molecule has 0 saturated carbocycles. The van der Waals surface area contributed by atoms with Gasteiger partial charge in [-0.25, -0.2) is 4.98 Å². The van der Waals surface area contributed by atoms with Crippen LogP contribution in [0.3, 0.4) is 0 Å². The van der Waals surface area contributed by atoms with Crippen molar-refractivity contribution in [2.45, 2.75) is 30.7 Å². The number of nitrogens with zero attached hydrogens (tertiary/aromatic N) is 3. The first-order valence-electron chi connectivity index (χ1n) is 10.2. The number of aryl methyl sites for hydroxylation is 1. The number of para-hydroxylation sites is 2. The van der Waals surface area contributed by atoms with E-state index in [0.29, 0.717) is 17.5 Å². The highest BCUT2D eigenvalue weighted by Gasteiger charge is 2.23. The molecule has 2 heterocycles. The van der Waals surface area contributed by atoms with Crippen molar-refractivity contribution < 1.29 is 9.32 Å². The van der Waals surface area contributed by atoms with E-state index in [1.807, 2.05) is 31.3 Å². The van der Waals surface area contributed by atoms with E-state index in [2.05, 4.69) is 38.8 Å². The van der Waals surface area contributed by atoms with Crippen molar-refractivity contribution in [2.75, 3.05) is 43.1 Å². The molecule has 3 aromatic rings. The van der Waals surface area contributed by atoms with Gasteiger partial charge in [-0.05, 0) is 55.2 Å². The van der Waals surface area contributed by atoms with Gasteiger partial charge in [-0.2, -0.15) is 0 Å². The van der Waals surface area contributed by atoms with E-state index < -0.39 is 10.8 Å². The number of nitrogens with one attached hydrogen (secondary N) is 1. The Labute approximate surface area is 174 Å². The first kappa shape index (κ1) is 19.9. The van der Waals surface area contributed by atoms with Gasteiger partial charge in [-0.1, -0.05) is 12.1 Å². The van der Waals surface area contributed by atoms with Crippen LogP contribution < -0.4 is 9.80 Å². The third kappa shape index (κ3) is 4.02. The smallest absolute Gasteiger partial charge is 0.197 e. The second-order valence-electron chi connectivity index (χ2n) is 7.49. The van der Waals surface area contributed by atoms with Crippen LogP contribution in [0.5, 0.6) is 0 Å². The van der Waals surface area contributed by atoms with Gasteiger partial charge in [-0.15, -0.1) is 0 Å². The molecule has 0 spiro atoms. The average Bonchev–Trinajstić information content (AvgIpc) is 3.17. The summed E-state index contributed by atoms with van der Waals surface area (Å²) in [4.78, 5) is 12.2. The third-order valence-corrected chi connectivity index (χ3v) is 6.77. The quantitative estimate of drug-likeness (QED) is 0.624. The maximum atomic E-state index is 13.2. The Morgan fingerprint density at radius 3 is 2.90 bits per heavy atom. The second-order valence-corrected chi connectivity index (χ2v) is 8.86. The molecule has 0 fully saturated rings. The molecule has 2 N–H and O–H groups in total. The van der Waals surface area contributed by atoms with Crippen LogP contribution in [0, 0.1) is 0 Å². The van der Waals surface area contributed by atoms with Crippen LogP contribution in [-0.4, -0.2) is 52.6 Å². The summed E-state index contributed by atoms with van der Waals surface area (Å²) in [6.45, 7) is 4.81. The molecule has 29 heavy (non-hydrogen) atoms. The molecular weight excluding hydrogens is 384 g/mol. The van der Waals surface area contributed by atoms with Gasteiger partial charge in [0.05, 0.1) is 34.2 Å². The van der Waals surface area contributed by atoms with Crippen LogP contribution in [0.15, 0.2) is 41.6 Å². The van der Waals surface area contributed by atoms with Gasteiger partial charge in [0.25, 0.3) is 0 Å². The fourth-order valence-electron chi connectivity index (χ4n) is 4.08. The van der Waals surface area contributed by atoms with Crippen LogP contribution >= 0.6 is 0 Å². The largest absolute Gasteiger partial charge is 0.395 e. The highest BCUT2D eigenvalue weighted by molar-refractivity contribution is 7.84. The number of hydrogen-bond acceptors (Lipinski definition) is 5. The number of likely N-dealkylation sites (N-methyl/N-ethyl adjacent to an activating group) is 1. The fraction of sp³-hybridized carbons (Fsp3) is 0.409. The monoisotopic (exact) mass is 412 g/mol. The number of benzene rings is 2. The number of rotatable bonds is 7. The maximum Gasteiger partial charge on any atom is 0.197 e. The number of anilines is 2. The van der Waals surface area contributed by atoms with E-state index in [1.54, 1.807) is 0 Å². The van der Waals surface area contributed by atoms with Crippen molar-refractivity contribution in [1.29, 1.82) is 0 Å². The lowest BCUT2D eigenvalue weighted by Crippen LogP contribution is -2.31. The first-order valence-corrected chi connectivity index (χ1v) is 11.5. The van der Waals surface area contributed by atoms with Crippen molar-refractivity contribution in [3.05, 3.63) is 47.5 Å². The molecule has 0 saturated heterocycles. The predicted molar refractivity (Wildman–Crippen MR) is 119 cm³/mol. The zero-order valence-corrected chi connectivity index (χ0v) is 17.8. The molecule has 0 amide bonds. The molecule has 1 aromatic heterocycles. The van der Waals surface area contributed by atoms with Crippen molar-refractivity contribution in [3.63, 3.8) is 0 Å². The summed E-state index contributed by atoms with van der Waals surface area (Å²) in [6.07, 6.45) is 2.15. The molecule has 0 aliphatic carbocycles. The number of aromatic nitrogens is 2. The molecular formula is C22H28N4O2S. The number of imidazole rings is 1. The number of aliphatic hydroxyl groups excluding tert-OH is 1. The Kier molecular flexibility index (Phi) is 5.87. The van der Waals surface area contributed by atoms with Crippen molar-refractivity contribution in [3.8, 4) is 0 Å². The summed E-state index contributed by atoms with van der Waals surface area (Å²) in [5.41, 5.74) is 6.42. The Balaban J connectivity index is 1.72. The standard InChI is InChI=1S/C22H28N4O2S/c1-3-26-10-6-7-16-13-18(25(2)11-12-27)14-17(21(16)26)15-29(28)22-23-19-8-4-5-9-20(19)24-22/h4-5,8-9,13-14,27H,3,6-7,10-12,15H2,1-2H3,(H,23,24). The zero-order chi connectivity index (χ0) is 20.4. The Hall–Kier alpha value is -2.38. The van der Waals surface area contributed by atoms with Gasteiger partial charge in [0.2, 0.25) is 0 Å². The molecule has 0 radical (unpaired) electrons. The Morgan fingerprint density at radius 2 is 2.14 bits per heavy atom. The van der Waals surface area contributed by atoms with Crippen LogP contribution in [0.25, 0.3) is 11.0 Å². The van der Waals surface area contributed by atoms with Crippen molar-refractivity contribution in [2.24, 2.45) is 0 Å². The number of fused-ring (bicyclic) bond motifs is 2. The molecule has 1 atom stereocenters. The molecule has 7 heteroatoms. The predicted octanol–water partition coefficient (Wildman–Crippen LogP) is 3.07. The number of H-pyrrole nitrogens is 1. The topological polar surface area (TPSA) is 72.5 Å². The lowest BCUT2D eigenvalue weighted by Gasteiger charge is -2.34. The van der Waals surface area contributed by atoms with Crippen LogP contribution in [-0.2, 0) is 23.0 Å². The highest BCUT2D eigenvalue weighted by atomic mass is 32.2. The number of aromatic amines is 1. The highest BCUT2D eigenvalue weighted by Crippen LogP contribution is 2.36. The zero-order valence-electron chi connectivity index (χ0n) is 17.0. The van der Waals surface area contributed by atoms with Gasteiger partial charge in [0, 0.05) is 38.1 Å². The lowest BCUT2D eigenvalue weighted by molar-refractivity contribution is 0.304. The molecule has 1 aliphatic heterocycles. The first-order chi connectivity index (χ1) is 14.1. The second kappa shape index (κ2) is 8.55. The van der Waals surface area contributed by atoms with E-state index in [4.69, 9.17) is 0 Å². The molecule has 0 bridgehead atoms. The lowest BCUT2D eigenvalue weighted by atomic mass is 9.97. The van der Waals surface area contributed by atoms with Crippen molar-refractivity contribution in [1.82, 2.24) is 9.97 Å². The van der Waals surface area contributed by atoms with E-state index in [1.165, 1.54) is 11.3 Å². The molecule has 4 rings (SSSR count). The summed E-state index contributed by atoms with van der Waals surface area (Å²) in [7, 11) is 0.716. The van der Waals surface area contributed by atoms with Crippen molar-refractivity contribution >= 4 is 33.2 Å². The van der Waals surface area contributed by atoms with Crippen LogP contribution in [0.4, 0.5) is 11.4 Å². The average molecular weight is 413 g/mol. The summed E-state index contributed by atoms with van der Waals surface area (Å²) >= 11 is 0. The molecule has 6 nitrogen and oxygen atoms in total. The van der Waals surface area contributed by atoms with Gasteiger partial charge in [0.15, 0.2) is 5.16 Å². The maximum absolute atomic E-state index is 13.2. The molecule has 2 aromatic carbocycles. The van der Waals surface area contributed by atoms with E-state index in [9.17, 15) is 9.32 Å². The number of aliphatic hydroxyl groups is 1. The van der Waals surface area contributed by atoms with Crippen LogP contribution in [0.1, 0.15) is 24.5 Å². The van der Waals surface area contributed by atoms with Gasteiger partial charge in [-0.3, -0.25) is 4.21 Å². The van der Waals surface area contributed by atoms with E-state index >= 15 is 0 Å². The Bertz CT molecular complexity index is 1000. The summed E-state index contributed by atoms with van der Waals surface area (Å²) in [5.74, 6) is 0.416. The Morgan fingerprint density at radius 1 is 1.31 bits per heavy atom. The molecule has 154 valence electrons. The molecule has 1 aliphatic rings. The minimum Gasteiger partial charge on any atom is -0.395 e.